The van der Waals surface area contributed by atoms with Crippen LogP contribution < -0.4 is 10.6 Å². The summed E-state index contributed by atoms with van der Waals surface area (Å²) >= 11 is 0. The number of aryl methyl sites for hydroxylation is 1. The molecule has 0 saturated carbocycles. The van der Waals surface area contributed by atoms with Gasteiger partial charge in [0.1, 0.15) is 5.76 Å². The third kappa shape index (κ3) is 2.44. The molecule has 1 unspecified atom stereocenters. The Balaban J connectivity index is 1.54. The van der Waals surface area contributed by atoms with Crippen LogP contribution >= 0.6 is 0 Å². The van der Waals surface area contributed by atoms with Crippen molar-refractivity contribution in [3.63, 3.8) is 0 Å². The molecule has 0 fully saturated rings. The van der Waals surface area contributed by atoms with E-state index in [0.29, 0.717) is 16.8 Å². The number of carbonyl (C=O) groups is 2. The molecule has 2 N–H and O–H groups in total. The highest BCUT2D eigenvalue weighted by Gasteiger charge is 2.29. The Morgan fingerprint density at radius 3 is 2.92 bits per heavy atom. The SMILES string of the molecule is Cc1cc2cccc(NC(=O)CC3NC(=O)c4ccccc43)c2o1. The molecule has 1 atom stereocenters. The fourth-order valence-electron chi connectivity index (χ4n) is 3.16. The lowest BCUT2D eigenvalue weighted by Crippen LogP contribution is -2.24. The zero-order chi connectivity index (χ0) is 16.7. The van der Waals surface area contributed by atoms with E-state index in [1.54, 1.807) is 6.07 Å². The number of rotatable bonds is 3. The lowest BCUT2D eigenvalue weighted by molar-refractivity contribution is -0.116. The van der Waals surface area contributed by atoms with Gasteiger partial charge in [0.05, 0.1) is 18.2 Å². The van der Waals surface area contributed by atoms with E-state index in [0.717, 1.165) is 16.7 Å². The maximum Gasteiger partial charge on any atom is 0.252 e. The second-order valence-electron chi connectivity index (χ2n) is 5.95. The van der Waals surface area contributed by atoms with Crippen molar-refractivity contribution in [1.82, 2.24) is 5.32 Å². The number of nitrogens with one attached hydrogen (secondary N) is 2. The average molecular weight is 320 g/mol. The van der Waals surface area contributed by atoms with E-state index in [4.69, 9.17) is 4.42 Å². The van der Waals surface area contributed by atoms with Gasteiger partial charge in [-0.05, 0) is 30.7 Å². The molecule has 4 rings (SSSR count). The lowest BCUT2D eigenvalue weighted by atomic mass is 10.0. The van der Waals surface area contributed by atoms with Crippen molar-refractivity contribution in [2.24, 2.45) is 0 Å². The Kier molecular flexibility index (Phi) is 3.34. The highest BCUT2D eigenvalue weighted by Crippen LogP contribution is 2.29. The second kappa shape index (κ2) is 5.53. The van der Waals surface area contributed by atoms with Crippen LogP contribution in [0.1, 0.15) is 34.1 Å². The zero-order valence-electron chi connectivity index (χ0n) is 13.1. The number of carbonyl (C=O) groups excluding carboxylic acids is 2. The molecule has 2 aromatic carbocycles. The van der Waals surface area contributed by atoms with Crippen LogP contribution in [0.5, 0.6) is 0 Å². The Bertz CT molecular complexity index is 958. The van der Waals surface area contributed by atoms with Crippen LogP contribution in [0.15, 0.2) is 52.9 Å². The highest BCUT2D eigenvalue weighted by molar-refractivity contribution is 6.02. The summed E-state index contributed by atoms with van der Waals surface area (Å²) in [7, 11) is 0. The number of para-hydroxylation sites is 1. The van der Waals surface area contributed by atoms with Gasteiger partial charge in [0.2, 0.25) is 5.91 Å². The number of amides is 2. The van der Waals surface area contributed by atoms with Crippen molar-refractivity contribution in [1.29, 1.82) is 0 Å². The molecule has 0 bridgehead atoms. The first-order valence-electron chi connectivity index (χ1n) is 7.80. The lowest BCUT2D eigenvalue weighted by Gasteiger charge is -2.12. The van der Waals surface area contributed by atoms with E-state index >= 15 is 0 Å². The van der Waals surface area contributed by atoms with Gasteiger partial charge in [-0.2, -0.15) is 0 Å². The maximum atomic E-state index is 12.4. The molecular formula is C19H16N2O3. The van der Waals surface area contributed by atoms with Crippen LogP contribution in [0.3, 0.4) is 0 Å². The van der Waals surface area contributed by atoms with Crippen LogP contribution in [-0.2, 0) is 4.79 Å². The van der Waals surface area contributed by atoms with Gasteiger partial charge < -0.3 is 15.1 Å². The van der Waals surface area contributed by atoms with E-state index in [2.05, 4.69) is 10.6 Å². The Hall–Kier alpha value is -3.08. The van der Waals surface area contributed by atoms with Crippen molar-refractivity contribution in [2.45, 2.75) is 19.4 Å². The number of anilines is 1. The minimum absolute atomic E-state index is 0.132. The first kappa shape index (κ1) is 14.5. The molecule has 0 aliphatic carbocycles. The average Bonchev–Trinajstić information content (AvgIpc) is 3.09. The highest BCUT2D eigenvalue weighted by atomic mass is 16.3. The van der Waals surface area contributed by atoms with E-state index in [9.17, 15) is 9.59 Å². The number of furan rings is 1. The Morgan fingerprint density at radius 1 is 1.21 bits per heavy atom. The molecular weight excluding hydrogens is 304 g/mol. The topological polar surface area (TPSA) is 71.3 Å². The van der Waals surface area contributed by atoms with Crippen LogP contribution in [0.4, 0.5) is 5.69 Å². The summed E-state index contributed by atoms with van der Waals surface area (Å²) in [4.78, 5) is 24.4. The smallest absolute Gasteiger partial charge is 0.252 e. The summed E-state index contributed by atoms with van der Waals surface area (Å²) in [5.41, 5.74) is 2.81. The summed E-state index contributed by atoms with van der Waals surface area (Å²) in [5.74, 6) is 0.495. The number of hydrogen-bond donors (Lipinski definition) is 2. The predicted molar refractivity (Wildman–Crippen MR) is 90.8 cm³/mol. The summed E-state index contributed by atoms with van der Waals surface area (Å²) in [5, 5.41) is 6.69. The molecule has 5 nitrogen and oxygen atoms in total. The minimum Gasteiger partial charge on any atom is -0.459 e. The normalized spacial score (nSPS) is 16.0. The molecule has 5 heteroatoms. The standard InChI is InChI=1S/C19H16N2O3/c1-11-9-12-5-4-8-15(18(12)24-11)20-17(22)10-16-13-6-2-3-7-14(13)19(23)21-16/h2-9,16H,10H2,1H3,(H,20,22)(H,21,23). The van der Waals surface area contributed by atoms with E-state index in [-0.39, 0.29) is 24.3 Å². The van der Waals surface area contributed by atoms with E-state index < -0.39 is 0 Å². The van der Waals surface area contributed by atoms with Gasteiger partial charge in [0, 0.05) is 10.9 Å². The molecule has 0 radical (unpaired) electrons. The fourth-order valence-corrected chi connectivity index (χ4v) is 3.16. The molecule has 0 saturated heterocycles. The van der Waals surface area contributed by atoms with Crippen molar-refractivity contribution in [3.8, 4) is 0 Å². The molecule has 24 heavy (non-hydrogen) atoms. The zero-order valence-corrected chi connectivity index (χ0v) is 13.1. The van der Waals surface area contributed by atoms with Gasteiger partial charge in [-0.15, -0.1) is 0 Å². The van der Waals surface area contributed by atoms with Crippen molar-refractivity contribution < 1.29 is 14.0 Å². The van der Waals surface area contributed by atoms with E-state index in [1.165, 1.54) is 0 Å². The summed E-state index contributed by atoms with van der Waals surface area (Å²) in [6, 6.07) is 14.6. The maximum absolute atomic E-state index is 12.4. The van der Waals surface area contributed by atoms with Crippen molar-refractivity contribution in [2.75, 3.05) is 5.32 Å². The number of hydrogen-bond acceptors (Lipinski definition) is 3. The fraction of sp³-hybridized carbons (Fsp3) is 0.158. The van der Waals surface area contributed by atoms with Gasteiger partial charge >= 0.3 is 0 Å². The predicted octanol–water partition coefficient (Wildman–Crippen LogP) is 3.55. The van der Waals surface area contributed by atoms with Gasteiger partial charge in [-0.3, -0.25) is 9.59 Å². The molecule has 2 amide bonds. The van der Waals surface area contributed by atoms with Crippen LogP contribution in [-0.4, -0.2) is 11.8 Å². The first-order chi connectivity index (χ1) is 11.6. The Morgan fingerprint density at radius 2 is 2.04 bits per heavy atom. The van der Waals surface area contributed by atoms with Crippen molar-refractivity contribution >= 4 is 28.5 Å². The second-order valence-corrected chi connectivity index (χ2v) is 5.95. The van der Waals surface area contributed by atoms with Gasteiger partial charge in [-0.1, -0.05) is 30.3 Å². The molecule has 2 heterocycles. The summed E-state index contributed by atoms with van der Waals surface area (Å²) in [6.45, 7) is 1.87. The Labute approximate surface area is 138 Å². The van der Waals surface area contributed by atoms with Gasteiger partial charge in [-0.25, -0.2) is 0 Å². The number of fused-ring (bicyclic) bond motifs is 2. The van der Waals surface area contributed by atoms with Gasteiger partial charge in [0.15, 0.2) is 5.58 Å². The minimum atomic E-state index is -0.300. The van der Waals surface area contributed by atoms with E-state index in [1.807, 2.05) is 49.4 Å². The summed E-state index contributed by atoms with van der Waals surface area (Å²) in [6.07, 6.45) is 0.179. The van der Waals surface area contributed by atoms with Crippen LogP contribution in [0.25, 0.3) is 11.0 Å². The third-order valence-corrected chi connectivity index (χ3v) is 4.22. The molecule has 3 aromatic rings. The van der Waals surface area contributed by atoms with Crippen molar-refractivity contribution in [3.05, 3.63) is 65.4 Å². The summed E-state index contributed by atoms with van der Waals surface area (Å²) < 4.78 is 5.66. The molecule has 1 aliphatic heterocycles. The third-order valence-electron chi connectivity index (χ3n) is 4.22. The van der Waals surface area contributed by atoms with Crippen LogP contribution in [0.2, 0.25) is 0 Å². The first-order valence-corrected chi connectivity index (χ1v) is 7.80. The quantitative estimate of drug-likeness (QED) is 0.775. The van der Waals surface area contributed by atoms with Gasteiger partial charge in [0.25, 0.3) is 5.91 Å². The largest absolute Gasteiger partial charge is 0.459 e. The molecule has 1 aliphatic rings. The molecule has 0 spiro atoms. The molecule has 1 aromatic heterocycles. The van der Waals surface area contributed by atoms with Crippen LogP contribution in [0, 0.1) is 6.92 Å². The monoisotopic (exact) mass is 320 g/mol. The molecule has 120 valence electrons. The number of benzene rings is 2.